The summed E-state index contributed by atoms with van der Waals surface area (Å²) in [6.07, 6.45) is 0. The van der Waals surface area contributed by atoms with Crippen LogP contribution >= 0.6 is 11.6 Å². The molecular weight excluding hydrogens is 132 g/mol. The molecule has 0 unspecified atom stereocenters. The van der Waals surface area contributed by atoms with Crippen molar-refractivity contribution < 1.29 is 0 Å². The van der Waals surface area contributed by atoms with Gasteiger partial charge in [0.25, 0.3) is 0 Å². The quantitative estimate of drug-likeness (QED) is 0.519. The summed E-state index contributed by atoms with van der Waals surface area (Å²) in [5, 5.41) is 0.808. The Hall–Kier alpha value is -0.490. The van der Waals surface area contributed by atoms with E-state index >= 15 is 0 Å². The summed E-state index contributed by atoms with van der Waals surface area (Å²) in [5.41, 5.74) is 2.10. The fraction of sp³-hybridized carbons (Fsp3) is 0.125. The molecule has 0 aliphatic heterocycles. The zero-order valence-electron chi connectivity index (χ0n) is 5.32. The van der Waals surface area contributed by atoms with Gasteiger partial charge in [-0.2, -0.15) is 0 Å². The Labute approximate surface area is 60.5 Å². The molecule has 1 aromatic rings. The van der Waals surface area contributed by atoms with E-state index in [0.29, 0.717) is 0 Å². The van der Waals surface area contributed by atoms with E-state index in [1.807, 2.05) is 25.1 Å². The first-order valence-electron chi connectivity index (χ1n) is 2.78. The van der Waals surface area contributed by atoms with Crippen LogP contribution in [0.5, 0.6) is 0 Å². The first-order chi connectivity index (χ1) is 4.20. The van der Waals surface area contributed by atoms with Gasteiger partial charge in [-0.1, -0.05) is 23.7 Å². The summed E-state index contributed by atoms with van der Waals surface area (Å²) in [7, 11) is 0. The van der Waals surface area contributed by atoms with Crippen LogP contribution in [0.25, 0.3) is 0 Å². The zero-order valence-corrected chi connectivity index (χ0v) is 6.07. The summed E-state index contributed by atoms with van der Waals surface area (Å²) in [6, 6.07) is 5.72. The first kappa shape index (κ1) is 6.63. The van der Waals surface area contributed by atoms with Gasteiger partial charge in [-0.25, -0.2) is 0 Å². The lowest BCUT2D eigenvalue weighted by atomic mass is 10.2. The largest absolute Gasteiger partial charge is 0.0841 e. The molecule has 1 radical (unpaired) electrons. The van der Waals surface area contributed by atoms with Crippen LogP contribution in [0.1, 0.15) is 11.1 Å². The molecule has 0 fully saturated rings. The average Bonchev–Trinajstić information content (AvgIpc) is 1.80. The van der Waals surface area contributed by atoms with Crippen molar-refractivity contribution in [2.75, 3.05) is 0 Å². The van der Waals surface area contributed by atoms with Crippen LogP contribution < -0.4 is 0 Å². The van der Waals surface area contributed by atoms with E-state index < -0.39 is 0 Å². The van der Waals surface area contributed by atoms with Gasteiger partial charge in [0.1, 0.15) is 0 Å². The molecule has 0 heterocycles. The average molecular weight is 140 g/mol. The topological polar surface area (TPSA) is 0 Å². The highest BCUT2D eigenvalue weighted by Crippen LogP contribution is 2.14. The molecule has 0 aromatic heterocycles. The monoisotopic (exact) mass is 139 g/mol. The molecule has 0 nitrogen and oxygen atoms in total. The lowest BCUT2D eigenvalue weighted by Crippen LogP contribution is -1.75. The van der Waals surface area contributed by atoms with Gasteiger partial charge in [-0.3, -0.25) is 0 Å². The van der Waals surface area contributed by atoms with Gasteiger partial charge >= 0.3 is 0 Å². The summed E-state index contributed by atoms with van der Waals surface area (Å²) in [5.74, 6) is 0. The van der Waals surface area contributed by atoms with Crippen LogP contribution in [0, 0.1) is 13.8 Å². The standard InChI is InChI=1S/C8H8Cl/c1-6-3-4-8(9)7(2)5-6/h3-5H,1H2,2H3. The molecular formula is C8H8Cl. The molecule has 1 heteroatoms. The van der Waals surface area contributed by atoms with E-state index in [4.69, 9.17) is 11.6 Å². The van der Waals surface area contributed by atoms with Crippen LogP contribution in [-0.2, 0) is 0 Å². The first-order valence-corrected chi connectivity index (χ1v) is 3.16. The fourth-order valence-electron chi connectivity index (χ4n) is 0.707. The van der Waals surface area contributed by atoms with E-state index in [1.54, 1.807) is 0 Å². The number of hydrogen-bond donors (Lipinski definition) is 0. The van der Waals surface area contributed by atoms with Crippen molar-refractivity contribution in [2.45, 2.75) is 6.92 Å². The minimum absolute atomic E-state index is 0.808. The summed E-state index contributed by atoms with van der Waals surface area (Å²) in [6.45, 7) is 5.73. The second-order valence-corrected chi connectivity index (χ2v) is 2.49. The molecule has 0 amide bonds. The van der Waals surface area contributed by atoms with Gasteiger partial charge in [-0.15, -0.1) is 0 Å². The second-order valence-electron chi connectivity index (χ2n) is 2.08. The lowest BCUT2D eigenvalue weighted by Gasteiger charge is -1.96. The van der Waals surface area contributed by atoms with E-state index in [1.165, 1.54) is 0 Å². The normalized spacial score (nSPS) is 9.67. The molecule has 47 valence electrons. The Balaban J connectivity index is 3.17. The molecule has 9 heavy (non-hydrogen) atoms. The van der Waals surface area contributed by atoms with Crippen molar-refractivity contribution in [3.63, 3.8) is 0 Å². The van der Waals surface area contributed by atoms with Crippen LogP contribution in [0.3, 0.4) is 0 Å². The smallest absolute Gasteiger partial charge is 0.0435 e. The molecule has 0 saturated heterocycles. The summed E-state index contributed by atoms with van der Waals surface area (Å²) in [4.78, 5) is 0. The van der Waals surface area contributed by atoms with Crippen molar-refractivity contribution >= 4 is 11.6 Å². The van der Waals surface area contributed by atoms with Crippen molar-refractivity contribution in [3.8, 4) is 0 Å². The maximum atomic E-state index is 5.75. The SMILES string of the molecule is [CH2]c1ccc(Cl)c(C)c1. The van der Waals surface area contributed by atoms with Crippen molar-refractivity contribution in [1.29, 1.82) is 0 Å². The number of benzene rings is 1. The Morgan fingerprint density at radius 1 is 1.44 bits per heavy atom. The molecule has 0 bridgehead atoms. The number of aryl methyl sites for hydroxylation is 1. The van der Waals surface area contributed by atoms with Gasteiger partial charge in [0, 0.05) is 5.02 Å². The van der Waals surface area contributed by atoms with Gasteiger partial charge in [0.05, 0.1) is 0 Å². The van der Waals surface area contributed by atoms with Gasteiger partial charge < -0.3 is 0 Å². The van der Waals surface area contributed by atoms with Crippen molar-refractivity contribution in [1.82, 2.24) is 0 Å². The van der Waals surface area contributed by atoms with Crippen LogP contribution in [0.2, 0.25) is 5.02 Å². The molecule has 0 N–H and O–H groups in total. The molecule has 0 saturated carbocycles. The van der Waals surface area contributed by atoms with Gasteiger partial charge in [0.2, 0.25) is 0 Å². The third-order valence-corrected chi connectivity index (χ3v) is 1.65. The molecule has 0 aliphatic carbocycles. The zero-order chi connectivity index (χ0) is 6.85. The van der Waals surface area contributed by atoms with E-state index in [0.717, 1.165) is 16.1 Å². The highest BCUT2D eigenvalue weighted by Gasteiger charge is 1.91. The Morgan fingerprint density at radius 3 is 2.56 bits per heavy atom. The Bertz CT molecular complexity index is 216. The molecule has 0 aliphatic rings. The molecule has 0 spiro atoms. The third-order valence-electron chi connectivity index (χ3n) is 1.22. The predicted octanol–water partition coefficient (Wildman–Crippen LogP) is 2.83. The molecule has 1 rings (SSSR count). The third kappa shape index (κ3) is 1.46. The van der Waals surface area contributed by atoms with Crippen LogP contribution in [0.15, 0.2) is 18.2 Å². The summed E-state index contributed by atoms with van der Waals surface area (Å²) >= 11 is 5.75. The number of rotatable bonds is 0. The van der Waals surface area contributed by atoms with Crippen LogP contribution in [-0.4, -0.2) is 0 Å². The lowest BCUT2D eigenvalue weighted by molar-refractivity contribution is 1.44. The highest BCUT2D eigenvalue weighted by atomic mass is 35.5. The van der Waals surface area contributed by atoms with Crippen molar-refractivity contribution in [2.24, 2.45) is 0 Å². The predicted molar refractivity (Wildman–Crippen MR) is 40.6 cm³/mol. The Morgan fingerprint density at radius 2 is 2.11 bits per heavy atom. The second kappa shape index (κ2) is 2.40. The van der Waals surface area contributed by atoms with E-state index in [-0.39, 0.29) is 0 Å². The Kier molecular flexibility index (Phi) is 1.77. The van der Waals surface area contributed by atoms with Gasteiger partial charge in [-0.05, 0) is 31.0 Å². The minimum Gasteiger partial charge on any atom is -0.0841 e. The molecule has 1 aromatic carbocycles. The van der Waals surface area contributed by atoms with E-state index in [2.05, 4.69) is 6.92 Å². The van der Waals surface area contributed by atoms with Gasteiger partial charge in [0.15, 0.2) is 0 Å². The minimum atomic E-state index is 0.808. The molecule has 0 atom stereocenters. The van der Waals surface area contributed by atoms with E-state index in [9.17, 15) is 0 Å². The maximum Gasteiger partial charge on any atom is 0.0435 e. The summed E-state index contributed by atoms with van der Waals surface area (Å²) < 4.78 is 0. The highest BCUT2D eigenvalue weighted by molar-refractivity contribution is 6.31. The van der Waals surface area contributed by atoms with Crippen LogP contribution in [0.4, 0.5) is 0 Å². The fourth-order valence-corrected chi connectivity index (χ4v) is 0.824. The van der Waals surface area contributed by atoms with Crippen molar-refractivity contribution in [3.05, 3.63) is 41.3 Å². The number of hydrogen-bond acceptors (Lipinski definition) is 0. The number of halogens is 1. The maximum absolute atomic E-state index is 5.75.